The second-order valence-electron chi connectivity index (χ2n) is 4.60. The number of hydrogen-bond acceptors (Lipinski definition) is 5. The molecule has 3 N–H and O–H groups in total. The SMILES string of the molecule is COc1ccc(NC(=O)/C(C#N)=C\c2ccc(O)cc2O)cc1. The molecule has 116 valence electrons. The largest absolute Gasteiger partial charge is 0.508 e. The van der Waals surface area contributed by atoms with Crippen molar-refractivity contribution in [2.75, 3.05) is 12.4 Å². The first-order valence-electron chi connectivity index (χ1n) is 6.62. The Morgan fingerprint density at radius 1 is 1.22 bits per heavy atom. The van der Waals surface area contributed by atoms with Gasteiger partial charge >= 0.3 is 0 Å². The number of nitrogens with zero attached hydrogens (tertiary/aromatic N) is 1. The highest BCUT2D eigenvalue weighted by molar-refractivity contribution is 6.09. The van der Waals surface area contributed by atoms with Crippen molar-refractivity contribution in [3.63, 3.8) is 0 Å². The average Bonchev–Trinajstić information content (AvgIpc) is 2.54. The third kappa shape index (κ3) is 4.02. The minimum atomic E-state index is -0.606. The number of nitrogens with one attached hydrogen (secondary N) is 1. The lowest BCUT2D eigenvalue weighted by molar-refractivity contribution is -0.112. The molecule has 0 fully saturated rings. The monoisotopic (exact) mass is 310 g/mol. The molecule has 0 unspecified atom stereocenters. The van der Waals surface area contributed by atoms with Gasteiger partial charge in [0.1, 0.15) is 28.9 Å². The molecule has 23 heavy (non-hydrogen) atoms. The summed E-state index contributed by atoms with van der Waals surface area (Å²) in [4.78, 5) is 12.1. The van der Waals surface area contributed by atoms with Crippen molar-refractivity contribution in [3.8, 4) is 23.3 Å². The molecular weight excluding hydrogens is 296 g/mol. The van der Waals surface area contributed by atoms with E-state index in [4.69, 9.17) is 10.00 Å². The summed E-state index contributed by atoms with van der Waals surface area (Å²) in [5.74, 6) is -0.297. The molecule has 0 aliphatic heterocycles. The van der Waals surface area contributed by atoms with Gasteiger partial charge in [0, 0.05) is 17.3 Å². The minimum absolute atomic E-state index is 0.110. The van der Waals surface area contributed by atoms with Crippen molar-refractivity contribution in [1.29, 1.82) is 5.26 Å². The topological polar surface area (TPSA) is 103 Å². The zero-order valence-electron chi connectivity index (χ0n) is 12.3. The molecule has 0 aliphatic rings. The number of phenolic OH excluding ortho intramolecular Hbond substituents is 2. The number of carbonyl (C=O) groups is 1. The van der Waals surface area contributed by atoms with Crippen molar-refractivity contribution in [3.05, 3.63) is 53.6 Å². The number of hydrogen-bond donors (Lipinski definition) is 3. The van der Waals surface area contributed by atoms with E-state index in [1.165, 1.54) is 25.3 Å². The van der Waals surface area contributed by atoms with Gasteiger partial charge in [-0.15, -0.1) is 0 Å². The van der Waals surface area contributed by atoms with Crippen LogP contribution in [0.5, 0.6) is 17.2 Å². The van der Waals surface area contributed by atoms with E-state index in [0.717, 1.165) is 6.07 Å². The lowest BCUT2D eigenvalue weighted by atomic mass is 10.1. The molecule has 0 aromatic heterocycles. The zero-order valence-corrected chi connectivity index (χ0v) is 12.3. The van der Waals surface area contributed by atoms with Crippen LogP contribution >= 0.6 is 0 Å². The fourth-order valence-electron chi connectivity index (χ4n) is 1.83. The minimum Gasteiger partial charge on any atom is -0.508 e. The molecule has 0 spiro atoms. The van der Waals surface area contributed by atoms with Gasteiger partial charge in [-0.2, -0.15) is 5.26 Å². The summed E-state index contributed by atoms with van der Waals surface area (Å²) in [6.07, 6.45) is 1.24. The first kappa shape index (κ1) is 15.9. The Balaban J connectivity index is 2.20. The number of phenols is 2. The molecule has 2 rings (SSSR count). The van der Waals surface area contributed by atoms with Crippen LogP contribution in [0.15, 0.2) is 48.0 Å². The van der Waals surface area contributed by atoms with E-state index in [9.17, 15) is 15.0 Å². The van der Waals surface area contributed by atoms with Crippen LogP contribution in [0.1, 0.15) is 5.56 Å². The number of benzene rings is 2. The van der Waals surface area contributed by atoms with Crippen LogP contribution < -0.4 is 10.1 Å². The molecule has 0 atom stereocenters. The van der Waals surface area contributed by atoms with Gasteiger partial charge in [-0.05, 0) is 42.5 Å². The Kier molecular flexibility index (Phi) is 4.85. The van der Waals surface area contributed by atoms with Gasteiger partial charge in [-0.25, -0.2) is 0 Å². The Morgan fingerprint density at radius 3 is 2.48 bits per heavy atom. The molecule has 0 heterocycles. The molecule has 0 aliphatic carbocycles. The quantitative estimate of drug-likeness (QED) is 0.595. The summed E-state index contributed by atoms with van der Waals surface area (Å²) >= 11 is 0. The van der Waals surface area contributed by atoms with Crippen LogP contribution in [-0.4, -0.2) is 23.2 Å². The van der Waals surface area contributed by atoms with Gasteiger partial charge in [0.15, 0.2) is 0 Å². The van der Waals surface area contributed by atoms with Crippen LogP contribution in [-0.2, 0) is 4.79 Å². The number of nitriles is 1. The number of carbonyl (C=O) groups excluding carboxylic acids is 1. The number of amides is 1. The van der Waals surface area contributed by atoms with Gasteiger partial charge in [-0.1, -0.05) is 0 Å². The maximum atomic E-state index is 12.1. The molecule has 2 aromatic rings. The maximum Gasteiger partial charge on any atom is 0.266 e. The Labute approximate surface area is 132 Å². The summed E-state index contributed by atoms with van der Waals surface area (Å²) in [5, 5.41) is 30.7. The Bertz CT molecular complexity index is 789. The molecule has 0 radical (unpaired) electrons. The highest BCUT2D eigenvalue weighted by atomic mass is 16.5. The van der Waals surface area contributed by atoms with Crippen molar-refractivity contribution < 1.29 is 19.7 Å². The van der Waals surface area contributed by atoms with Gasteiger partial charge in [0.05, 0.1) is 7.11 Å². The van der Waals surface area contributed by atoms with E-state index >= 15 is 0 Å². The number of methoxy groups -OCH3 is 1. The van der Waals surface area contributed by atoms with Crippen LogP contribution in [0.3, 0.4) is 0 Å². The molecule has 6 nitrogen and oxygen atoms in total. The summed E-state index contributed by atoms with van der Waals surface area (Å²) in [6, 6.07) is 12.3. The third-order valence-corrected chi connectivity index (χ3v) is 3.03. The van der Waals surface area contributed by atoms with E-state index in [1.54, 1.807) is 30.3 Å². The average molecular weight is 310 g/mol. The van der Waals surface area contributed by atoms with E-state index in [1.807, 2.05) is 0 Å². The molecule has 6 heteroatoms. The molecule has 0 saturated carbocycles. The lowest BCUT2D eigenvalue weighted by Crippen LogP contribution is -2.13. The second kappa shape index (κ2) is 7.00. The molecule has 0 bridgehead atoms. The Morgan fingerprint density at radius 2 is 1.91 bits per heavy atom. The normalized spacial score (nSPS) is 10.7. The van der Waals surface area contributed by atoms with Crippen molar-refractivity contribution in [2.24, 2.45) is 0 Å². The first-order chi connectivity index (χ1) is 11.0. The van der Waals surface area contributed by atoms with E-state index in [-0.39, 0.29) is 22.6 Å². The highest BCUT2D eigenvalue weighted by Gasteiger charge is 2.11. The number of anilines is 1. The predicted molar refractivity (Wildman–Crippen MR) is 85.0 cm³/mol. The van der Waals surface area contributed by atoms with Gasteiger partial charge in [0.25, 0.3) is 5.91 Å². The molecule has 0 saturated heterocycles. The zero-order chi connectivity index (χ0) is 16.8. The third-order valence-electron chi connectivity index (χ3n) is 3.03. The van der Waals surface area contributed by atoms with Crippen LogP contribution in [0, 0.1) is 11.3 Å². The van der Waals surface area contributed by atoms with E-state index in [0.29, 0.717) is 11.4 Å². The number of rotatable bonds is 4. The summed E-state index contributed by atoms with van der Waals surface area (Å²) in [5.41, 5.74) is 0.581. The smallest absolute Gasteiger partial charge is 0.266 e. The summed E-state index contributed by atoms with van der Waals surface area (Å²) < 4.78 is 5.02. The van der Waals surface area contributed by atoms with E-state index < -0.39 is 5.91 Å². The second-order valence-corrected chi connectivity index (χ2v) is 4.60. The van der Waals surface area contributed by atoms with Crippen molar-refractivity contribution >= 4 is 17.7 Å². The lowest BCUT2D eigenvalue weighted by Gasteiger charge is -2.06. The predicted octanol–water partition coefficient (Wildman–Crippen LogP) is 2.65. The fraction of sp³-hybridized carbons (Fsp3) is 0.0588. The van der Waals surface area contributed by atoms with Gasteiger partial charge in [0.2, 0.25) is 0 Å². The summed E-state index contributed by atoms with van der Waals surface area (Å²) in [7, 11) is 1.54. The Hall–Kier alpha value is -3.46. The van der Waals surface area contributed by atoms with E-state index in [2.05, 4.69) is 5.32 Å². The fourth-order valence-corrected chi connectivity index (χ4v) is 1.83. The molecule has 2 aromatic carbocycles. The molecular formula is C17H14N2O4. The first-order valence-corrected chi connectivity index (χ1v) is 6.62. The number of ether oxygens (including phenoxy) is 1. The standard InChI is InChI=1S/C17H14N2O4/c1-23-15-6-3-13(4-7-15)19-17(22)12(10-18)8-11-2-5-14(20)9-16(11)21/h2-9,20-21H,1H3,(H,19,22)/b12-8-. The maximum absolute atomic E-state index is 12.1. The molecule has 1 amide bonds. The van der Waals surface area contributed by atoms with Crippen LogP contribution in [0.4, 0.5) is 5.69 Å². The highest BCUT2D eigenvalue weighted by Crippen LogP contribution is 2.25. The van der Waals surface area contributed by atoms with Crippen LogP contribution in [0.25, 0.3) is 6.08 Å². The van der Waals surface area contributed by atoms with Gasteiger partial charge in [-0.3, -0.25) is 4.79 Å². The van der Waals surface area contributed by atoms with Crippen LogP contribution in [0.2, 0.25) is 0 Å². The van der Waals surface area contributed by atoms with Crippen molar-refractivity contribution in [1.82, 2.24) is 0 Å². The van der Waals surface area contributed by atoms with Gasteiger partial charge < -0.3 is 20.3 Å². The van der Waals surface area contributed by atoms with Crippen molar-refractivity contribution in [2.45, 2.75) is 0 Å². The number of aromatic hydroxyl groups is 2. The summed E-state index contributed by atoms with van der Waals surface area (Å²) in [6.45, 7) is 0.